The monoisotopic (exact) mass is 449 g/mol. The number of sulfonamides is 1. The second-order valence-corrected chi connectivity index (χ2v) is 9.27. The Labute approximate surface area is 184 Å². The number of amides is 1. The second-order valence-electron chi connectivity index (χ2n) is 7.74. The lowest BCUT2D eigenvalue weighted by molar-refractivity contribution is 0.1000. The molecule has 0 saturated heterocycles. The molecule has 2 rings (SSSR count). The molecule has 2 aromatic carbocycles. The maximum Gasteiger partial charge on any atom is 0.248 e. The van der Waals surface area contributed by atoms with Crippen molar-refractivity contribution in [3.63, 3.8) is 0 Å². The number of primary sulfonamides is 1. The minimum Gasteiger partial charge on any atom is -0.454 e. The number of para-hydroxylation sites is 1. The number of likely N-dealkylation sites (N-methyl/N-ethyl adjacent to an activating group) is 2. The van der Waals surface area contributed by atoms with Crippen LogP contribution >= 0.6 is 0 Å². The molecule has 9 nitrogen and oxygen atoms in total. The van der Waals surface area contributed by atoms with E-state index in [0.29, 0.717) is 37.6 Å². The lowest BCUT2D eigenvalue weighted by Crippen LogP contribution is -2.37. The molecule has 0 fully saturated rings. The molecular weight excluding hydrogens is 418 g/mol. The molecule has 1 amide bonds. The first-order valence-corrected chi connectivity index (χ1v) is 11.3. The number of ether oxygens (including phenoxy) is 1. The van der Waals surface area contributed by atoms with Gasteiger partial charge in [0.05, 0.1) is 5.69 Å². The van der Waals surface area contributed by atoms with Gasteiger partial charge in [-0.1, -0.05) is 18.2 Å². The number of primary amides is 1. The van der Waals surface area contributed by atoms with Crippen molar-refractivity contribution in [3.8, 4) is 11.5 Å². The van der Waals surface area contributed by atoms with Crippen LogP contribution in [0.5, 0.6) is 11.5 Å². The summed E-state index contributed by atoms with van der Waals surface area (Å²) in [6.07, 6.45) is 0. The zero-order valence-electron chi connectivity index (χ0n) is 18.4. The topological polar surface area (TPSA) is 122 Å². The van der Waals surface area contributed by atoms with Crippen molar-refractivity contribution in [1.29, 1.82) is 0 Å². The Balaban J connectivity index is 2.71. The van der Waals surface area contributed by atoms with E-state index < -0.39 is 15.9 Å². The summed E-state index contributed by atoms with van der Waals surface area (Å²) in [5, 5.41) is 5.50. The molecule has 0 aliphatic rings. The van der Waals surface area contributed by atoms with Crippen LogP contribution in [0.2, 0.25) is 0 Å². The van der Waals surface area contributed by atoms with Gasteiger partial charge in [-0.2, -0.15) is 0 Å². The van der Waals surface area contributed by atoms with E-state index in [4.69, 9.17) is 15.6 Å². The van der Waals surface area contributed by atoms with E-state index in [-0.39, 0.29) is 16.2 Å². The number of hydrogen-bond acceptors (Lipinski definition) is 7. The highest BCUT2D eigenvalue weighted by Crippen LogP contribution is 2.39. The largest absolute Gasteiger partial charge is 0.454 e. The van der Waals surface area contributed by atoms with E-state index in [0.717, 1.165) is 6.07 Å². The second kappa shape index (κ2) is 10.6. The average molecular weight is 450 g/mol. The Kier molecular flexibility index (Phi) is 8.40. The molecule has 0 saturated carbocycles. The molecule has 0 aliphatic heterocycles. The SMILES string of the molecule is CN(C)CCN(CCN(C)C)c1cc(C(N)=O)cc(S(N)(=O)=O)c1Oc1ccccc1. The Hall–Kier alpha value is -2.66. The van der Waals surface area contributed by atoms with Gasteiger partial charge in [0.2, 0.25) is 15.9 Å². The van der Waals surface area contributed by atoms with Crippen molar-refractivity contribution < 1.29 is 17.9 Å². The quantitative estimate of drug-likeness (QED) is 0.528. The summed E-state index contributed by atoms with van der Waals surface area (Å²) >= 11 is 0. The normalized spacial score (nSPS) is 11.7. The lowest BCUT2D eigenvalue weighted by Gasteiger charge is -2.30. The van der Waals surface area contributed by atoms with E-state index in [9.17, 15) is 13.2 Å². The summed E-state index contributed by atoms with van der Waals surface area (Å²) in [4.78, 5) is 17.7. The van der Waals surface area contributed by atoms with Gasteiger partial charge in [-0.05, 0) is 52.5 Å². The van der Waals surface area contributed by atoms with E-state index in [2.05, 4.69) is 0 Å². The standard InChI is InChI=1S/C21H31N5O4S/c1-24(2)10-12-26(13-11-25(3)4)18-14-16(21(22)27)15-19(31(23,28)29)20(18)30-17-8-6-5-7-9-17/h5-9,14-15H,10-13H2,1-4H3,(H2,22,27)(H2,23,28,29). The molecule has 0 aromatic heterocycles. The summed E-state index contributed by atoms with van der Waals surface area (Å²) in [6.45, 7) is 2.53. The van der Waals surface area contributed by atoms with Gasteiger partial charge in [-0.25, -0.2) is 13.6 Å². The van der Waals surface area contributed by atoms with E-state index in [1.807, 2.05) is 49.0 Å². The average Bonchev–Trinajstić information content (AvgIpc) is 2.67. The van der Waals surface area contributed by atoms with Crippen molar-refractivity contribution >= 4 is 21.6 Å². The predicted molar refractivity (Wildman–Crippen MR) is 122 cm³/mol. The molecule has 4 N–H and O–H groups in total. The van der Waals surface area contributed by atoms with Crippen molar-refractivity contribution in [1.82, 2.24) is 9.80 Å². The fourth-order valence-electron chi connectivity index (χ4n) is 2.88. The third kappa shape index (κ3) is 7.21. The Morgan fingerprint density at radius 1 is 0.935 bits per heavy atom. The number of nitrogens with two attached hydrogens (primary N) is 2. The molecule has 0 heterocycles. The van der Waals surface area contributed by atoms with Crippen LogP contribution in [0.1, 0.15) is 10.4 Å². The van der Waals surface area contributed by atoms with Gasteiger partial charge in [-0.3, -0.25) is 4.79 Å². The van der Waals surface area contributed by atoms with Gasteiger partial charge in [-0.15, -0.1) is 0 Å². The molecule has 0 atom stereocenters. The third-order valence-corrected chi connectivity index (χ3v) is 5.48. The number of hydrogen-bond donors (Lipinski definition) is 2. The van der Waals surface area contributed by atoms with Crippen LogP contribution in [-0.4, -0.2) is 78.5 Å². The molecule has 0 bridgehead atoms. The minimum absolute atomic E-state index is 0.0409. The zero-order chi connectivity index (χ0) is 23.2. The maximum atomic E-state index is 12.4. The predicted octanol–water partition coefficient (Wildman–Crippen LogP) is 1.15. The van der Waals surface area contributed by atoms with Crippen LogP contribution in [-0.2, 0) is 10.0 Å². The number of anilines is 1. The van der Waals surface area contributed by atoms with Crippen molar-refractivity contribution in [2.75, 3.05) is 59.3 Å². The first-order chi connectivity index (χ1) is 14.5. The molecule has 31 heavy (non-hydrogen) atoms. The molecular formula is C21H31N5O4S. The molecule has 10 heteroatoms. The molecule has 0 aliphatic carbocycles. The van der Waals surface area contributed by atoms with E-state index >= 15 is 0 Å². The van der Waals surface area contributed by atoms with Crippen molar-refractivity contribution in [2.45, 2.75) is 4.90 Å². The van der Waals surface area contributed by atoms with Crippen LogP contribution < -0.4 is 20.5 Å². The Morgan fingerprint density at radius 3 is 1.94 bits per heavy atom. The molecule has 0 spiro atoms. The van der Waals surface area contributed by atoms with Crippen molar-refractivity contribution in [2.24, 2.45) is 10.9 Å². The number of nitrogens with zero attached hydrogens (tertiary/aromatic N) is 3. The molecule has 2 aromatic rings. The fraction of sp³-hybridized carbons (Fsp3) is 0.381. The Morgan fingerprint density at radius 2 is 1.48 bits per heavy atom. The summed E-state index contributed by atoms with van der Waals surface area (Å²) in [7, 11) is 3.57. The van der Waals surface area contributed by atoms with Gasteiger partial charge in [0.25, 0.3) is 0 Å². The first kappa shape index (κ1) is 24.6. The van der Waals surface area contributed by atoms with Crippen LogP contribution in [0, 0.1) is 0 Å². The van der Waals surface area contributed by atoms with E-state index in [1.54, 1.807) is 30.3 Å². The lowest BCUT2D eigenvalue weighted by atomic mass is 10.1. The molecule has 0 unspecified atom stereocenters. The minimum atomic E-state index is -4.21. The summed E-state index contributed by atoms with van der Waals surface area (Å²) < 4.78 is 30.9. The van der Waals surface area contributed by atoms with Gasteiger partial charge in [0, 0.05) is 31.7 Å². The number of benzene rings is 2. The van der Waals surface area contributed by atoms with E-state index in [1.165, 1.54) is 0 Å². The smallest absolute Gasteiger partial charge is 0.248 e. The highest BCUT2D eigenvalue weighted by Gasteiger charge is 2.26. The summed E-state index contributed by atoms with van der Waals surface area (Å²) in [6, 6.07) is 11.5. The molecule has 0 radical (unpaired) electrons. The highest BCUT2D eigenvalue weighted by molar-refractivity contribution is 7.89. The third-order valence-electron chi connectivity index (χ3n) is 4.56. The van der Waals surface area contributed by atoms with Crippen LogP contribution in [0.3, 0.4) is 0 Å². The van der Waals surface area contributed by atoms with Crippen LogP contribution in [0.15, 0.2) is 47.4 Å². The highest BCUT2D eigenvalue weighted by atomic mass is 32.2. The van der Waals surface area contributed by atoms with Crippen molar-refractivity contribution in [3.05, 3.63) is 48.0 Å². The summed E-state index contributed by atoms with van der Waals surface area (Å²) in [5.41, 5.74) is 5.97. The van der Waals surface area contributed by atoms with Gasteiger partial charge < -0.3 is 25.2 Å². The summed E-state index contributed by atoms with van der Waals surface area (Å²) in [5.74, 6) is -0.241. The Bertz CT molecular complexity index is 982. The van der Waals surface area contributed by atoms with Crippen LogP contribution in [0.25, 0.3) is 0 Å². The molecule has 170 valence electrons. The van der Waals surface area contributed by atoms with Crippen LogP contribution in [0.4, 0.5) is 5.69 Å². The zero-order valence-corrected chi connectivity index (χ0v) is 19.2. The fourth-order valence-corrected chi connectivity index (χ4v) is 3.57. The van der Waals surface area contributed by atoms with Gasteiger partial charge >= 0.3 is 0 Å². The maximum absolute atomic E-state index is 12.4. The number of carbonyl (C=O) groups excluding carboxylic acids is 1. The number of rotatable bonds is 11. The first-order valence-electron chi connectivity index (χ1n) is 9.77. The van der Waals surface area contributed by atoms with Gasteiger partial charge in [0.15, 0.2) is 5.75 Å². The van der Waals surface area contributed by atoms with Gasteiger partial charge in [0.1, 0.15) is 10.6 Å². The number of carbonyl (C=O) groups is 1.